The number of aryl methyl sites for hydroxylation is 1. The molecule has 21 heavy (non-hydrogen) atoms. The van der Waals surface area contributed by atoms with Gasteiger partial charge in [0.2, 0.25) is 0 Å². The zero-order chi connectivity index (χ0) is 14.8. The number of likely N-dealkylation sites (tertiary alicyclic amines) is 1. The summed E-state index contributed by atoms with van der Waals surface area (Å²) in [6, 6.07) is 7.88. The van der Waals surface area contributed by atoms with E-state index in [4.69, 9.17) is 4.42 Å². The molecule has 0 aliphatic carbocycles. The molecule has 0 atom stereocenters. The molecule has 3 rings (SSSR count). The van der Waals surface area contributed by atoms with Crippen molar-refractivity contribution in [2.45, 2.75) is 39.7 Å². The molecular formula is C18H23NO2. The first-order valence-electron chi connectivity index (χ1n) is 7.93. The van der Waals surface area contributed by atoms with E-state index in [2.05, 4.69) is 30.9 Å². The molecule has 0 amide bonds. The Kier molecular flexibility index (Phi) is 4.11. The van der Waals surface area contributed by atoms with Crippen molar-refractivity contribution in [3.05, 3.63) is 45.8 Å². The van der Waals surface area contributed by atoms with E-state index in [0.717, 1.165) is 48.5 Å². The second-order valence-corrected chi connectivity index (χ2v) is 6.23. The van der Waals surface area contributed by atoms with Crippen LogP contribution >= 0.6 is 0 Å². The monoisotopic (exact) mass is 285 g/mol. The molecule has 0 N–H and O–H groups in total. The van der Waals surface area contributed by atoms with Gasteiger partial charge in [0, 0.05) is 18.0 Å². The van der Waals surface area contributed by atoms with E-state index < -0.39 is 0 Å². The first-order valence-corrected chi connectivity index (χ1v) is 7.93. The summed E-state index contributed by atoms with van der Waals surface area (Å²) in [5, 5.41) is 1.07. The van der Waals surface area contributed by atoms with Crippen LogP contribution in [-0.2, 0) is 13.0 Å². The Hall–Kier alpha value is -1.61. The predicted molar refractivity (Wildman–Crippen MR) is 85.5 cm³/mol. The Labute approximate surface area is 125 Å². The Bertz CT molecular complexity index is 681. The fraction of sp³-hybridized carbons (Fsp3) is 0.500. The van der Waals surface area contributed by atoms with Gasteiger partial charge in [-0.1, -0.05) is 26.0 Å². The van der Waals surface area contributed by atoms with Gasteiger partial charge in [0.05, 0.1) is 0 Å². The van der Waals surface area contributed by atoms with Crippen molar-refractivity contribution >= 4 is 11.0 Å². The lowest BCUT2D eigenvalue weighted by Gasteiger charge is -2.30. The number of hydrogen-bond acceptors (Lipinski definition) is 3. The first kappa shape index (κ1) is 14.3. The highest BCUT2D eigenvalue weighted by Crippen LogP contribution is 2.23. The van der Waals surface area contributed by atoms with E-state index >= 15 is 0 Å². The van der Waals surface area contributed by atoms with Crippen LogP contribution < -0.4 is 5.63 Å². The molecule has 3 nitrogen and oxygen atoms in total. The largest absolute Gasteiger partial charge is 0.423 e. The summed E-state index contributed by atoms with van der Waals surface area (Å²) in [5.74, 6) is 0.825. The smallest absolute Gasteiger partial charge is 0.336 e. The van der Waals surface area contributed by atoms with Crippen LogP contribution in [0.2, 0.25) is 0 Å². The fourth-order valence-corrected chi connectivity index (χ4v) is 3.09. The lowest BCUT2D eigenvalue weighted by atomic mass is 9.98. The number of piperidine rings is 1. The molecule has 1 aliphatic heterocycles. The third-order valence-corrected chi connectivity index (χ3v) is 4.57. The summed E-state index contributed by atoms with van der Waals surface area (Å²) in [5.41, 5.74) is 2.78. The van der Waals surface area contributed by atoms with Crippen LogP contribution in [0.25, 0.3) is 11.0 Å². The van der Waals surface area contributed by atoms with E-state index in [1.807, 2.05) is 6.07 Å². The third kappa shape index (κ3) is 3.18. The minimum atomic E-state index is -0.240. The third-order valence-electron chi connectivity index (χ3n) is 4.57. The Morgan fingerprint density at radius 2 is 2.00 bits per heavy atom. The topological polar surface area (TPSA) is 33.5 Å². The van der Waals surface area contributed by atoms with Crippen molar-refractivity contribution in [1.82, 2.24) is 4.90 Å². The molecule has 1 aromatic carbocycles. The van der Waals surface area contributed by atoms with Gasteiger partial charge in [-0.2, -0.15) is 0 Å². The number of nitrogens with zero attached hydrogens (tertiary/aromatic N) is 1. The van der Waals surface area contributed by atoms with Gasteiger partial charge in [0.15, 0.2) is 0 Å². The molecule has 1 aromatic heterocycles. The van der Waals surface area contributed by atoms with Crippen molar-refractivity contribution in [1.29, 1.82) is 0 Å². The number of benzene rings is 1. The second-order valence-electron chi connectivity index (χ2n) is 6.23. The van der Waals surface area contributed by atoms with Crippen LogP contribution in [0, 0.1) is 5.92 Å². The molecule has 112 valence electrons. The fourth-order valence-electron chi connectivity index (χ4n) is 3.09. The van der Waals surface area contributed by atoms with Gasteiger partial charge in [0.25, 0.3) is 0 Å². The molecular weight excluding hydrogens is 262 g/mol. The highest BCUT2D eigenvalue weighted by molar-refractivity contribution is 5.80. The number of rotatable bonds is 3. The molecule has 0 saturated carbocycles. The zero-order valence-corrected chi connectivity index (χ0v) is 12.9. The van der Waals surface area contributed by atoms with Gasteiger partial charge in [-0.3, -0.25) is 4.90 Å². The quantitative estimate of drug-likeness (QED) is 0.808. The van der Waals surface area contributed by atoms with Gasteiger partial charge in [-0.15, -0.1) is 0 Å². The van der Waals surface area contributed by atoms with E-state index in [9.17, 15) is 4.79 Å². The normalized spacial score (nSPS) is 17.4. The second kappa shape index (κ2) is 6.02. The van der Waals surface area contributed by atoms with Crippen molar-refractivity contribution in [3.8, 4) is 0 Å². The van der Waals surface area contributed by atoms with Gasteiger partial charge in [0.1, 0.15) is 5.58 Å². The molecule has 2 aromatic rings. The predicted octanol–water partition coefficient (Wildman–Crippen LogP) is 3.59. The summed E-state index contributed by atoms with van der Waals surface area (Å²) in [7, 11) is 0. The molecule has 1 saturated heterocycles. The van der Waals surface area contributed by atoms with E-state index in [-0.39, 0.29) is 5.63 Å². The average Bonchev–Trinajstić information content (AvgIpc) is 2.48. The van der Waals surface area contributed by atoms with Crippen LogP contribution in [-0.4, -0.2) is 18.0 Å². The maximum Gasteiger partial charge on any atom is 0.336 e. The van der Waals surface area contributed by atoms with Crippen LogP contribution in [0.5, 0.6) is 0 Å². The highest BCUT2D eigenvalue weighted by atomic mass is 16.4. The molecule has 3 heteroatoms. The van der Waals surface area contributed by atoms with Crippen LogP contribution in [0.1, 0.15) is 37.8 Å². The zero-order valence-electron chi connectivity index (χ0n) is 12.9. The number of hydrogen-bond donors (Lipinski definition) is 0. The number of fused-ring (bicyclic) bond motifs is 1. The first-order chi connectivity index (χ1) is 10.2. The summed E-state index contributed by atoms with van der Waals surface area (Å²) in [6.07, 6.45) is 3.45. The van der Waals surface area contributed by atoms with Crippen molar-refractivity contribution < 1.29 is 4.42 Å². The van der Waals surface area contributed by atoms with E-state index in [0.29, 0.717) is 0 Å². The molecule has 1 aliphatic rings. The molecule has 0 spiro atoms. The molecule has 2 heterocycles. The summed E-state index contributed by atoms with van der Waals surface area (Å²) >= 11 is 0. The minimum Gasteiger partial charge on any atom is -0.423 e. The summed E-state index contributed by atoms with van der Waals surface area (Å²) < 4.78 is 5.38. The lowest BCUT2D eigenvalue weighted by Crippen LogP contribution is -2.32. The van der Waals surface area contributed by atoms with E-state index in [1.165, 1.54) is 18.4 Å². The Balaban J connectivity index is 1.92. The molecule has 0 unspecified atom stereocenters. The van der Waals surface area contributed by atoms with Gasteiger partial charge in [-0.25, -0.2) is 4.79 Å². The van der Waals surface area contributed by atoms with Crippen molar-refractivity contribution in [3.63, 3.8) is 0 Å². The van der Waals surface area contributed by atoms with Gasteiger partial charge < -0.3 is 4.42 Å². The Morgan fingerprint density at radius 3 is 2.71 bits per heavy atom. The summed E-state index contributed by atoms with van der Waals surface area (Å²) in [4.78, 5) is 14.3. The SMILES string of the molecule is CCc1ccc2c(CN3CCC(C)CC3)cc(=O)oc2c1. The van der Waals surface area contributed by atoms with Gasteiger partial charge in [-0.05, 0) is 55.5 Å². The minimum absolute atomic E-state index is 0.240. The lowest BCUT2D eigenvalue weighted by molar-refractivity contribution is 0.185. The maximum absolute atomic E-state index is 11.8. The van der Waals surface area contributed by atoms with Crippen LogP contribution in [0.3, 0.4) is 0 Å². The Morgan fingerprint density at radius 1 is 1.24 bits per heavy atom. The molecule has 1 fully saturated rings. The standard InChI is InChI=1S/C18H23NO2/c1-3-14-4-5-16-15(11-18(20)21-17(16)10-14)12-19-8-6-13(2)7-9-19/h4-5,10-11,13H,3,6-9,12H2,1-2H3. The maximum atomic E-state index is 11.8. The average molecular weight is 285 g/mol. The van der Waals surface area contributed by atoms with Crippen molar-refractivity contribution in [2.75, 3.05) is 13.1 Å². The van der Waals surface area contributed by atoms with E-state index in [1.54, 1.807) is 6.07 Å². The molecule has 0 radical (unpaired) electrons. The van der Waals surface area contributed by atoms with Gasteiger partial charge >= 0.3 is 5.63 Å². The van der Waals surface area contributed by atoms with Crippen molar-refractivity contribution in [2.24, 2.45) is 5.92 Å². The van der Waals surface area contributed by atoms with Crippen LogP contribution in [0.15, 0.2) is 33.5 Å². The summed E-state index contributed by atoms with van der Waals surface area (Å²) in [6.45, 7) is 7.51. The highest BCUT2D eigenvalue weighted by Gasteiger charge is 2.17. The molecule has 0 bridgehead atoms. The van der Waals surface area contributed by atoms with Crippen LogP contribution in [0.4, 0.5) is 0 Å².